The molecule has 11 heteroatoms. The fourth-order valence-corrected chi connectivity index (χ4v) is 3.85. The normalized spacial score (nSPS) is 13.5. The van der Waals surface area contributed by atoms with Crippen molar-refractivity contribution >= 4 is 29.8 Å². The third-order valence-electron chi connectivity index (χ3n) is 5.87. The summed E-state index contributed by atoms with van der Waals surface area (Å²) in [6.07, 6.45) is -0.637. The van der Waals surface area contributed by atoms with Crippen molar-refractivity contribution in [1.82, 2.24) is 15.5 Å². The average Bonchev–Trinajstić information content (AvgIpc) is 2.81. The number of carbonyl (C=O) groups excluding carboxylic acids is 5. The number of primary amides is 1. The molecule has 3 atom stereocenters. The summed E-state index contributed by atoms with van der Waals surface area (Å²) in [5.41, 5.74) is 6.79. The second-order valence-corrected chi connectivity index (χ2v) is 10.3. The van der Waals surface area contributed by atoms with Crippen LogP contribution in [0.3, 0.4) is 0 Å². The lowest BCUT2D eigenvalue weighted by Crippen LogP contribution is -2.56. The van der Waals surface area contributed by atoms with Gasteiger partial charge in [-0.25, -0.2) is 4.79 Å². The van der Waals surface area contributed by atoms with Crippen molar-refractivity contribution < 1.29 is 33.4 Å². The first-order valence-electron chi connectivity index (χ1n) is 12.6. The Hall–Kier alpha value is -3.63. The highest BCUT2D eigenvalue weighted by Crippen LogP contribution is 2.29. The number of carbonyl (C=O) groups is 5. The molecule has 212 valence electrons. The van der Waals surface area contributed by atoms with Crippen molar-refractivity contribution in [3.05, 3.63) is 34.9 Å². The Balaban J connectivity index is 3.60. The van der Waals surface area contributed by atoms with Crippen LogP contribution in [0.2, 0.25) is 0 Å². The van der Waals surface area contributed by atoms with E-state index in [2.05, 4.69) is 15.4 Å². The van der Waals surface area contributed by atoms with Crippen molar-refractivity contribution in [1.29, 1.82) is 0 Å². The van der Waals surface area contributed by atoms with Gasteiger partial charge in [-0.3, -0.25) is 19.2 Å². The minimum Gasteiger partial charge on any atom is -0.468 e. The van der Waals surface area contributed by atoms with Crippen LogP contribution in [0.15, 0.2) is 18.2 Å². The van der Waals surface area contributed by atoms with Crippen LogP contribution in [0.5, 0.6) is 0 Å². The number of esters is 1. The van der Waals surface area contributed by atoms with Crippen LogP contribution in [0, 0.1) is 13.8 Å². The number of aryl methyl sites for hydroxylation is 2. The maximum absolute atomic E-state index is 14.1. The van der Waals surface area contributed by atoms with Crippen LogP contribution in [0.4, 0.5) is 4.79 Å². The topological polar surface area (TPSA) is 157 Å². The van der Waals surface area contributed by atoms with Crippen LogP contribution in [0.25, 0.3) is 0 Å². The molecule has 0 aromatic heterocycles. The molecule has 0 aliphatic carbocycles. The standard InChI is InChI=1S/C27H42N4O7/c1-9-18(4)31(25(35)20(12-13-21(28)32)30-26(36)38-27(5,6)7)23(24(34)29-15-22(33)37-8)19-11-10-16(2)14-17(19)3/h10-11,14,18,20,23H,9,12-13,15H2,1-8H3,(H2,28,32)(H,29,34)(H,30,36). The summed E-state index contributed by atoms with van der Waals surface area (Å²) in [6, 6.07) is 2.67. The Bertz CT molecular complexity index is 1020. The zero-order chi connectivity index (χ0) is 29.2. The highest BCUT2D eigenvalue weighted by Gasteiger charge is 2.39. The summed E-state index contributed by atoms with van der Waals surface area (Å²) in [5, 5.41) is 5.11. The molecule has 0 aliphatic heterocycles. The summed E-state index contributed by atoms with van der Waals surface area (Å²) < 4.78 is 9.97. The van der Waals surface area contributed by atoms with Crippen molar-refractivity contribution in [2.24, 2.45) is 5.73 Å². The van der Waals surface area contributed by atoms with Crippen LogP contribution >= 0.6 is 0 Å². The molecule has 0 saturated carbocycles. The molecule has 38 heavy (non-hydrogen) atoms. The van der Waals surface area contributed by atoms with Gasteiger partial charge in [0.15, 0.2) is 0 Å². The molecular weight excluding hydrogens is 492 g/mol. The van der Waals surface area contributed by atoms with Gasteiger partial charge in [-0.2, -0.15) is 0 Å². The van der Waals surface area contributed by atoms with Gasteiger partial charge < -0.3 is 30.7 Å². The molecule has 0 fully saturated rings. The van der Waals surface area contributed by atoms with E-state index in [1.54, 1.807) is 33.8 Å². The molecular formula is C27H42N4O7. The van der Waals surface area contributed by atoms with E-state index in [4.69, 9.17) is 10.5 Å². The average molecular weight is 535 g/mol. The lowest BCUT2D eigenvalue weighted by Gasteiger charge is -2.38. The lowest BCUT2D eigenvalue weighted by atomic mass is 9.94. The first-order chi connectivity index (χ1) is 17.6. The number of amides is 4. The monoisotopic (exact) mass is 534 g/mol. The second kappa shape index (κ2) is 14.3. The summed E-state index contributed by atoms with van der Waals surface area (Å²) in [7, 11) is 1.21. The summed E-state index contributed by atoms with van der Waals surface area (Å²) in [5.74, 6) is -2.48. The smallest absolute Gasteiger partial charge is 0.408 e. The Kier molecular flexibility index (Phi) is 12.2. The van der Waals surface area contributed by atoms with Crippen LogP contribution in [-0.2, 0) is 28.7 Å². The molecule has 1 aromatic carbocycles. The van der Waals surface area contributed by atoms with E-state index >= 15 is 0 Å². The van der Waals surface area contributed by atoms with Crippen LogP contribution < -0.4 is 16.4 Å². The van der Waals surface area contributed by atoms with Gasteiger partial charge in [-0.1, -0.05) is 30.7 Å². The maximum atomic E-state index is 14.1. The van der Waals surface area contributed by atoms with Gasteiger partial charge in [-0.05, 0) is 65.5 Å². The summed E-state index contributed by atoms with van der Waals surface area (Å²) in [6.45, 7) is 12.0. The Labute approximate surface area is 224 Å². The Morgan fingerprint density at radius 1 is 1.11 bits per heavy atom. The molecule has 0 bridgehead atoms. The van der Waals surface area contributed by atoms with E-state index in [-0.39, 0.29) is 19.4 Å². The molecule has 11 nitrogen and oxygen atoms in total. The minimum absolute atomic E-state index is 0.0935. The Morgan fingerprint density at radius 3 is 2.24 bits per heavy atom. The van der Waals surface area contributed by atoms with Crippen molar-refractivity contribution in [3.8, 4) is 0 Å². The number of nitrogens with zero attached hydrogens (tertiary/aromatic N) is 1. The van der Waals surface area contributed by atoms with Gasteiger partial charge in [0, 0.05) is 12.5 Å². The van der Waals surface area contributed by atoms with E-state index in [0.717, 1.165) is 11.1 Å². The van der Waals surface area contributed by atoms with Gasteiger partial charge in [0.1, 0.15) is 24.2 Å². The second-order valence-electron chi connectivity index (χ2n) is 10.3. The van der Waals surface area contributed by atoms with Gasteiger partial charge in [0.25, 0.3) is 0 Å². The van der Waals surface area contributed by atoms with Crippen molar-refractivity contribution in [2.45, 2.75) is 91.5 Å². The predicted molar refractivity (Wildman–Crippen MR) is 142 cm³/mol. The van der Waals surface area contributed by atoms with Crippen LogP contribution in [-0.4, -0.2) is 66.0 Å². The summed E-state index contributed by atoms with van der Waals surface area (Å²) in [4.78, 5) is 65.0. The number of alkyl carbamates (subject to hydrolysis) is 1. The van der Waals surface area contributed by atoms with E-state index < -0.39 is 53.5 Å². The molecule has 3 unspecified atom stereocenters. The highest BCUT2D eigenvalue weighted by atomic mass is 16.6. The van der Waals surface area contributed by atoms with E-state index in [0.29, 0.717) is 12.0 Å². The number of hydrogen-bond donors (Lipinski definition) is 3. The quantitative estimate of drug-likeness (QED) is 0.348. The van der Waals surface area contributed by atoms with Crippen LogP contribution in [0.1, 0.15) is 76.6 Å². The molecule has 4 N–H and O–H groups in total. The molecule has 0 heterocycles. The molecule has 0 radical (unpaired) electrons. The predicted octanol–water partition coefficient (Wildman–Crippen LogP) is 2.42. The first-order valence-corrected chi connectivity index (χ1v) is 12.6. The molecule has 1 rings (SSSR count). The zero-order valence-electron chi connectivity index (χ0n) is 23.7. The van der Waals surface area contributed by atoms with Crippen molar-refractivity contribution in [3.63, 3.8) is 0 Å². The van der Waals surface area contributed by atoms with Crippen molar-refractivity contribution in [2.75, 3.05) is 13.7 Å². The number of nitrogens with one attached hydrogen (secondary N) is 2. The number of hydrogen-bond acceptors (Lipinski definition) is 7. The molecule has 0 spiro atoms. The number of rotatable bonds is 12. The Morgan fingerprint density at radius 2 is 1.74 bits per heavy atom. The fourth-order valence-electron chi connectivity index (χ4n) is 3.85. The SMILES string of the molecule is CCC(C)N(C(=O)C(CCC(N)=O)NC(=O)OC(C)(C)C)C(C(=O)NCC(=O)OC)c1ccc(C)cc1C. The number of nitrogens with two attached hydrogens (primary N) is 1. The molecule has 0 saturated heterocycles. The van der Waals surface area contributed by atoms with E-state index in [9.17, 15) is 24.0 Å². The molecule has 4 amide bonds. The van der Waals surface area contributed by atoms with E-state index in [1.165, 1.54) is 12.0 Å². The number of benzene rings is 1. The van der Waals surface area contributed by atoms with Gasteiger partial charge in [-0.15, -0.1) is 0 Å². The minimum atomic E-state index is -1.20. The third-order valence-corrected chi connectivity index (χ3v) is 5.87. The van der Waals surface area contributed by atoms with Gasteiger partial charge in [0.2, 0.25) is 17.7 Å². The lowest BCUT2D eigenvalue weighted by molar-refractivity contribution is -0.146. The maximum Gasteiger partial charge on any atom is 0.408 e. The van der Waals surface area contributed by atoms with E-state index in [1.807, 2.05) is 32.9 Å². The summed E-state index contributed by atoms with van der Waals surface area (Å²) >= 11 is 0. The third kappa shape index (κ3) is 10.0. The number of methoxy groups -OCH3 is 1. The molecule has 0 aliphatic rings. The highest BCUT2D eigenvalue weighted by molar-refractivity contribution is 5.94. The van der Waals surface area contributed by atoms with Gasteiger partial charge >= 0.3 is 12.1 Å². The first kappa shape index (κ1) is 32.4. The zero-order valence-corrected chi connectivity index (χ0v) is 23.7. The molecule has 1 aromatic rings. The number of ether oxygens (including phenoxy) is 2. The fraction of sp³-hybridized carbons (Fsp3) is 0.593. The van der Waals surface area contributed by atoms with Gasteiger partial charge in [0.05, 0.1) is 7.11 Å². The largest absolute Gasteiger partial charge is 0.468 e.